The molecule has 14 heavy (non-hydrogen) atoms. The molecule has 0 saturated heterocycles. The molecule has 0 bridgehead atoms. The summed E-state index contributed by atoms with van der Waals surface area (Å²) in [6, 6.07) is 0.125. The fourth-order valence-corrected chi connectivity index (χ4v) is 2.44. The van der Waals surface area contributed by atoms with Crippen molar-refractivity contribution in [1.29, 1.82) is 0 Å². The molecule has 0 radical (unpaired) electrons. The van der Waals surface area contributed by atoms with E-state index in [1.165, 1.54) is 17.1 Å². The van der Waals surface area contributed by atoms with Gasteiger partial charge in [-0.1, -0.05) is 13.8 Å². The highest BCUT2D eigenvalue weighted by molar-refractivity contribution is 6.13. The minimum atomic E-state index is -0.138. The lowest BCUT2D eigenvalue weighted by molar-refractivity contribution is -0.140. The van der Waals surface area contributed by atoms with Crippen LogP contribution in [0.25, 0.3) is 0 Å². The summed E-state index contributed by atoms with van der Waals surface area (Å²) >= 11 is 0. The Hall–Kier alpha value is -1.12. The summed E-state index contributed by atoms with van der Waals surface area (Å²) < 4.78 is 0. The zero-order valence-corrected chi connectivity index (χ0v) is 8.56. The first-order valence-electron chi connectivity index (χ1n) is 5.16. The van der Waals surface area contributed by atoms with Crippen LogP contribution in [-0.4, -0.2) is 22.8 Å². The van der Waals surface area contributed by atoms with Gasteiger partial charge in [0, 0.05) is 18.2 Å². The highest BCUT2D eigenvalue weighted by atomic mass is 16.2. The van der Waals surface area contributed by atoms with E-state index >= 15 is 0 Å². The summed E-state index contributed by atoms with van der Waals surface area (Å²) in [5, 5.41) is 0. The molecule has 2 aliphatic rings. The van der Waals surface area contributed by atoms with Crippen molar-refractivity contribution < 1.29 is 9.59 Å². The van der Waals surface area contributed by atoms with Gasteiger partial charge >= 0.3 is 0 Å². The minimum absolute atomic E-state index is 0.125. The Kier molecular flexibility index (Phi) is 2.17. The van der Waals surface area contributed by atoms with E-state index in [2.05, 4.69) is 13.8 Å². The lowest BCUT2D eigenvalue weighted by atomic mass is 9.97. The largest absolute Gasteiger partial charge is 0.272 e. The lowest BCUT2D eigenvalue weighted by Gasteiger charge is -2.26. The molecule has 2 rings (SSSR count). The monoisotopic (exact) mass is 193 g/mol. The molecule has 0 aromatic heterocycles. The molecule has 3 nitrogen and oxygen atoms in total. The van der Waals surface area contributed by atoms with Crippen LogP contribution in [0, 0.1) is 11.8 Å². The van der Waals surface area contributed by atoms with E-state index in [9.17, 15) is 9.59 Å². The van der Waals surface area contributed by atoms with Gasteiger partial charge < -0.3 is 0 Å². The smallest absolute Gasteiger partial charge is 0.253 e. The number of hydrogen-bond donors (Lipinski definition) is 0. The van der Waals surface area contributed by atoms with Crippen LogP contribution in [0.4, 0.5) is 0 Å². The average molecular weight is 193 g/mol. The first-order valence-corrected chi connectivity index (χ1v) is 5.16. The van der Waals surface area contributed by atoms with Crippen molar-refractivity contribution in [2.75, 3.05) is 0 Å². The van der Waals surface area contributed by atoms with Crippen molar-refractivity contribution in [3.63, 3.8) is 0 Å². The van der Waals surface area contributed by atoms with E-state index in [0.29, 0.717) is 11.8 Å². The van der Waals surface area contributed by atoms with Gasteiger partial charge in [0.1, 0.15) is 0 Å². The van der Waals surface area contributed by atoms with Crippen LogP contribution in [0.3, 0.4) is 0 Å². The number of imide groups is 1. The number of nitrogens with zero attached hydrogens (tertiary/aromatic N) is 1. The van der Waals surface area contributed by atoms with Crippen LogP contribution in [0.15, 0.2) is 12.2 Å². The maximum Gasteiger partial charge on any atom is 0.253 e. The molecule has 0 spiro atoms. The normalized spacial score (nSPS) is 37.3. The topological polar surface area (TPSA) is 37.4 Å². The van der Waals surface area contributed by atoms with Crippen molar-refractivity contribution in [3.05, 3.63) is 12.2 Å². The predicted octanol–water partition coefficient (Wildman–Crippen LogP) is 1.35. The second-order valence-electron chi connectivity index (χ2n) is 4.36. The SMILES string of the molecule is CC1CC[C@H](N2C(=O)C=CC2=O)[C@H]1C. The molecular weight excluding hydrogens is 178 g/mol. The molecule has 1 fully saturated rings. The zero-order valence-electron chi connectivity index (χ0n) is 8.56. The maximum absolute atomic E-state index is 11.4. The van der Waals surface area contributed by atoms with Gasteiger partial charge in [-0.15, -0.1) is 0 Å². The molecular formula is C11H15NO2. The van der Waals surface area contributed by atoms with E-state index in [4.69, 9.17) is 0 Å². The van der Waals surface area contributed by atoms with E-state index in [1.807, 2.05) is 0 Å². The Labute approximate surface area is 83.8 Å². The molecule has 0 N–H and O–H groups in total. The summed E-state index contributed by atoms with van der Waals surface area (Å²) in [4.78, 5) is 24.3. The Morgan fingerprint density at radius 3 is 2.14 bits per heavy atom. The molecule has 2 amide bonds. The molecule has 3 heteroatoms. The van der Waals surface area contributed by atoms with Crippen LogP contribution in [-0.2, 0) is 9.59 Å². The van der Waals surface area contributed by atoms with Gasteiger partial charge in [-0.3, -0.25) is 14.5 Å². The summed E-state index contributed by atoms with van der Waals surface area (Å²) in [6.07, 6.45) is 4.82. The van der Waals surface area contributed by atoms with E-state index in [1.54, 1.807) is 0 Å². The van der Waals surface area contributed by atoms with Crippen molar-refractivity contribution in [3.8, 4) is 0 Å². The van der Waals surface area contributed by atoms with Crippen molar-refractivity contribution >= 4 is 11.8 Å². The number of hydrogen-bond acceptors (Lipinski definition) is 2. The van der Waals surface area contributed by atoms with E-state index in [0.717, 1.165) is 12.8 Å². The van der Waals surface area contributed by atoms with Gasteiger partial charge in [-0.25, -0.2) is 0 Å². The van der Waals surface area contributed by atoms with Gasteiger partial charge in [0.15, 0.2) is 0 Å². The summed E-state index contributed by atoms with van der Waals surface area (Å²) in [6.45, 7) is 4.31. The zero-order chi connectivity index (χ0) is 10.3. The van der Waals surface area contributed by atoms with Crippen molar-refractivity contribution in [2.24, 2.45) is 11.8 Å². The van der Waals surface area contributed by atoms with Crippen molar-refractivity contribution in [1.82, 2.24) is 4.90 Å². The average Bonchev–Trinajstić information content (AvgIpc) is 2.62. The molecule has 0 aromatic rings. The number of carbonyl (C=O) groups is 2. The second kappa shape index (κ2) is 3.23. The minimum Gasteiger partial charge on any atom is -0.272 e. The van der Waals surface area contributed by atoms with Crippen LogP contribution >= 0.6 is 0 Å². The summed E-state index contributed by atoms with van der Waals surface area (Å²) in [5.74, 6) is 0.769. The Bertz CT molecular complexity index is 290. The van der Waals surface area contributed by atoms with Gasteiger partial charge in [0.25, 0.3) is 11.8 Å². The third-order valence-electron chi connectivity index (χ3n) is 3.60. The third-order valence-corrected chi connectivity index (χ3v) is 3.60. The molecule has 1 aliphatic carbocycles. The number of amides is 2. The van der Waals surface area contributed by atoms with Crippen molar-refractivity contribution in [2.45, 2.75) is 32.7 Å². The van der Waals surface area contributed by atoms with E-state index in [-0.39, 0.29) is 17.9 Å². The molecule has 0 aromatic carbocycles. The van der Waals surface area contributed by atoms with Gasteiger partial charge in [-0.05, 0) is 24.7 Å². The Morgan fingerprint density at radius 2 is 1.71 bits per heavy atom. The van der Waals surface area contributed by atoms with Crippen LogP contribution in [0.1, 0.15) is 26.7 Å². The highest BCUT2D eigenvalue weighted by Gasteiger charge is 2.39. The van der Waals surface area contributed by atoms with Crippen LogP contribution in [0.2, 0.25) is 0 Å². The number of rotatable bonds is 1. The number of carbonyl (C=O) groups excluding carboxylic acids is 2. The molecule has 1 unspecified atom stereocenters. The maximum atomic E-state index is 11.4. The van der Waals surface area contributed by atoms with Crippen LogP contribution < -0.4 is 0 Å². The summed E-state index contributed by atoms with van der Waals surface area (Å²) in [5.41, 5.74) is 0. The van der Waals surface area contributed by atoms with Gasteiger partial charge in [-0.2, -0.15) is 0 Å². The Morgan fingerprint density at radius 1 is 1.14 bits per heavy atom. The second-order valence-corrected chi connectivity index (χ2v) is 4.36. The molecule has 1 heterocycles. The fourth-order valence-electron chi connectivity index (χ4n) is 2.44. The highest BCUT2D eigenvalue weighted by Crippen LogP contribution is 2.35. The first kappa shape index (κ1) is 9.44. The lowest BCUT2D eigenvalue weighted by Crippen LogP contribution is -2.42. The Balaban J connectivity index is 2.16. The van der Waals surface area contributed by atoms with E-state index < -0.39 is 0 Å². The molecule has 76 valence electrons. The summed E-state index contributed by atoms with van der Waals surface area (Å²) in [7, 11) is 0. The quantitative estimate of drug-likeness (QED) is 0.589. The molecule has 3 atom stereocenters. The molecule has 1 aliphatic heterocycles. The molecule has 1 saturated carbocycles. The van der Waals surface area contributed by atoms with Gasteiger partial charge in [0.05, 0.1) is 0 Å². The predicted molar refractivity (Wildman–Crippen MR) is 52.3 cm³/mol. The standard InChI is InChI=1S/C11H15NO2/c1-7-3-4-9(8(7)2)12-10(13)5-6-11(12)14/h5-9H,3-4H2,1-2H3/t7?,8-,9-/m0/s1. The van der Waals surface area contributed by atoms with Crippen LogP contribution in [0.5, 0.6) is 0 Å². The third kappa shape index (κ3) is 1.27. The van der Waals surface area contributed by atoms with Gasteiger partial charge in [0.2, 0.25) is 0 Å². The first-order chi connectivity index (χ1) is 6.61. The fraction of sp³-hybridized carbons (Fsp3) is 0.636.